The van der Waals surface area contributed by atoms with Gasteiger partial charge in [-0.1, -0.05) is 0 Å². The van der Waals surface area contributed by atoms with Crippen molar-refractivity contribution in [3.05, 3.63) is 12.2 Å². The Morgan fingerprint density at radius 1 is 1.52 bits per heavy atom. The monoisotopic (exact) mass is 301 g/mol. The number of hydrogen-bond acceptors (Lipinski definition) is 8. The van der Waals surface area contributed by atoms with E-state index in [1.165, 1.54) is 11.0 Å². The molecular weight excluding hydrogens is 282 g/mol. The lowest BCUT2D eigenvalue weighted by Crippen LogP contribution is -2.33. The largest absolute Gasteiger partial charge is 0.394 e. The predicted molar refractivity (Wildman–Crippen MR) is 69.7 cm³/mol. The minimum atomic E-state index is -1.23. The van der Waals surface area contributed by atoms with Gasteiger partial charge in [0.05, 0.1) is 13.2 Å². The van der Waals surface area contributed by atoms with E-state index in [9.17, 15) is 10.2 Å². The van der Waals surface area contributed by atoms with E-state index >= 15 is 0 Å². The summed E-state index contributed by atoms with van der Waals surface area (Å²) in [6.45, 7) is 0.473. The summed E-state index contributed by atoms with van der Waals surface area (Å²) in [5, 5.41) is 43.1. The lowest BCUT2D eigenvalue weighted by molar-refractivity contribution is -0.0588. The normalized spacial score (nSPS) is 28.8. The van der Waals surface area contributed by atoms with Crippen LogP contribution in [-0.4, -0.2) is 81.1 Å². The van der Waals surface area contributed by atoms with Gasteiger partial charge in [-0.3, -0.25) is 5.41 Å². The average Bonchev–Trinajstić information content (AvgIpc) is 3.06. The molecule has 118 valence electrons. The van der Waals surface area contributed by atoms with Crippen molar-refractivity contribution in [3.63, 3.8) is 0 Å². The number of nitrogens with zero attached hydrogens (tertiary/aromatic N) is 3. The fourth-order valence-corrected chi connectivity index (χ4v) is 1.97. The molecule has 10 nitrogen and oxygen atoms in total. The van der Waals surface area contributed by atoms with Crippen molar-refractivity contribution in [3.8, 4) is 0 Å². The molecule has 4 atom stereocenters. The molecule has 10 heteroatoms. The summed E-state index contributed by atoms with van der Waals surface area (Å²) in [4.78, 5) is 3.94. The highest BCUT2D eigenvalue weighted by Gasteiger charge is 2.43. The van der Waals surface area contributed by atoms with E-state index in [1.807, 2.05) is 0 Å². The Bertz CT molecular complexity index is 481. The molecule has 5 N–H and O–H groups in total. The molecule has 0 saturated carbocycles. The Hall–Kier alpha value is -1.59. The number of aliphatic hydroxyl groups is 3. The molecule has 0 amide bonds. The van der Waals surface area contributed by atoms with Crippen LogP contribution < -0.4 is 5.32 Å². The molecule has 2 rings (SSSR count). The summed E-state index contributed by atoms with van der Waals surface area (Å²) >= 11 is 0. The summed E-state index contributed by atoms with van der Waals surface area (Å²) in [6.07, 6.45) is -2.97. The molecule has 0 spiro atoms. The second-order valence-electron chi connectivity index (χ2n) is 4.57. The summed E-state index contributed by atoms with van der Waals surface area (Å²) in [5.41, 5.74) is 0. The van der Waals surface area contributed by atoms with Gasteiger partial charge in [-0.25, -0.2) is 9.67 Å². The zero-order valence-corrected chi connectivity index (χ0v) is 11.5. The van der Waals surface area contributed by atoms with Crippen molar-refractivity contribution in [1.82, 2.24) is 20.1 Å². The third-order valence-electron chi connectivity index (χ3n) is 3.12. The number of aliphatic hydroxyl groups excluding tert-OH is 3. The van der Waals surface area contributed by atoms with Crippen LogP contribution in [0.1, 0.15) is 12.1 Å². The number of ether oxygens (including phenoxy) is 2. The van der Waals surface area contributed by atoms with Crippen LogP contribution in [0.3, 0.4) is 0 Å². The predicted octanol–water partition coefficient (Wildman–Crippen LogP) is -2.55. The minimum absolute atomic E-state index is 0.0116. The van der Waals surface area contributed by atoms with E-state index in [1.54, 1.807) is 7.11 Å². The number of nitrogens with one attached hydrogen (secondary N) is 2. The van der Waals surface area contributed by atoms with Crippen LogP contribution in [0, 0.1) is 5.41 Å². The molecule has 2 heterocycles. The zero-order chi connectivity index (χ0) is 15.4. The average molecular weight is 301 g/mol. The molecule has 1 aromatic rings. The molecule has 0 radical (unpaired) electrons. The topological polar surface area (TPSA) is 146 Å². The number of methoxy groups -OCH3 is 1. The van der Waals surface area contributed by atoms with E-state index < -0.39 is 31.1 Å². The van der Waals surface area contributed by atoms with Gasteiger partial charge in [0, 0.05) is 13.7 Å². The van der Waals surface area contributed by atoms with Crippen LogP contribution in [0.4, 0.5) is 0 Å². The maximum absolute atomic E-state index is 9.87. The first-order valence-electron chi connectivity index (χ1n) is 6.43. The first kappa shape index (κ1) is 15.8. The third kappa shape index (κ3) is 3.36. The summed E-state index contributed by atoms with van der Waals surface area (Å²) in [5.74, 6) is 0.140. The lowest BCUT2D eigenvalue weighted by atomic mass is 10.1. The quantitative estimate of drug-likeness (QED) is 0.219. The fourth-order valence-electron chi connectivity index (χ4n) is 1.97. The molecule has 1 fully saturated rings. The van der Waals surface area contributed by atoms with Gasteiger partial charge in [0.25, 0.3) is 0 Å². The lowest BCUT2D eigenvalue weighted by Gasteiger charge is -2.13. The van der Waals surface area contributed by atoms with Crippen LogP contribution in [0.2, 0.25) is 0 Å². The molecule has 0 bridgehead atoms. The van der Waals surface area contributed by atoms with E-state index in [0.29, 0.717) is 13.2 Å². The van der Waals surface area contributed by atoms with Crippen LogP contribution in [-0.2, 0) is 9.47 Å². The second kappa shape index (κ2) is 6.91. The minimum Gasteiger partial charge on any atom is -0.394 e. The second-order valence-corrected chi connectivity index (χ2v) is 4.57. The number of rotatable bonds is 6. The van der Waals surface area contributed by atoms with Crippen molar-refractivity contribution >= 4 is 5.84 Å². The molecule has 1 aliphatic rings. The Balaban J connectivity index is 2.01. The summed E-state index contributed by atoms with van der Waals surface area (Å²) in [6, 6.07) is 0. The Morgan fingerprint density at radius 2 is 2.29 bits per heavy atom. The molecule has 1 saturated heterocycles. The van der Waals surface area contributed by atoms with Gasteiger partial charge in [-0.2, -0.15) is 0 Å². The first-order chi connectivity index (χ1) is 10.1. The van der Waals surface area contributed by atoms with Gasteiger partial charge in [0.15, 0.2) is 12.1 Å². The Kier molecular flexibility index (Phi) is 5.20. The third-order valence-corrected chi connectivity index (χ3v) is 3.12. The molecule has 1 aliphatic heterocycles. The smallest absolute Gasteiger partial charge is 0.216 e. The summed E-state index contributed by atoms with van der Waals surface area (Å²) < 4.78 is 11.4. The van der Waals surface area contributed by atoms with Crippen LogP contribution in [0.5, 0.6) is 0 Å². The van der Waals surface area contributed by atoms with Gasteiger partial charge < -0.3 is 30.1 Å². The van der Waals surface area contributed by atoms with Gasteiger partial charge in [-0.05, 0) is 0 Å². The van der Waals surface area contributed by atoms with E-state index in [4.69, 9.17) is 20.0 Å². The Morgan fingerprint density at radius 3 is 2.90 bits per heavy atom. The number of amidine groups is 1. The molecule has 0 aliphatic carbocycles. The number of hydrogen-bond donors (Lipinski definition) is 5. The first-order valence-corrected chi connectivity index (χ1v) is 6.43. The van der Waals surface area contributed by atoms with Gasteiger partial charge in [0.2, 0.25) is 5.82 Å². The van der Waals surface area contributed by atoms with Crippen molar-refractivity contribution in [2.24, 2.45) is 0 Å². The maximum atomic E-state index is 9.87. The molecule has 1 unspecified atom stereocenters. The fraction of sp³-hybridized carbons (Fsp3) is 0.727. The molecule has 21 heavy (non-hydrogen) atoms. The summed E-state index contributed by atoms with van der Waals surface area (Å²) in [7, 11) is 1.56. The van der Waals surface area contributed by atoms with E-state index in [2.05, 4.69) is 15.4 Å². The van der Waals surface area contributed by atoms with Crippen LogP contribution in [0.25, 0.3) is 0 Å². The maximum Gasteiger partial charge on any atom is 0.216 e. The van der Waals surface area contributed by atoms with Gasteiger partial charge in [-0.15, -0.1) is 5.10 Å². The molecule has 0 aromatic carbocycles. The highest BCUT2D eigenvalue weighted by Crippen LogP contribution is 2.28. The molecular formula is C11H19N5O5. The van der Waals surface area contributed by atoms with Crippen LogP contribution in [0.15, 0.2) is 6.33 Å². The van der Waals surface area contributed by atoms with Crippen molar-refractivity contribution < 1.29 is 24.8 Å². The van der Waals surface area contributed by atoms with E-state index in [0.717, 1.165) is 0 Å². The van der Waals surface area contributed by atoms with Crippen molar-refractivity contribution in [2.45, 2.75) is 24.5 Å². The highest BCUT2D eigenvalue weighted by molar-refractivity contribution is 5.92. The molecule has 1 aromatic heterocycles. The highest BCUT2D eigenvalue weighted by atomic mass is 16.6. The Labute approximate surface area is 120 Å². The van der Waals surface area contributed by atoms with Gasteiger partial charge in [0.1, 0.15) is 24.6 Å². The standard InChI is InChI=1S/C11H19N5O5/c1-20-3-2-13-9(12)10-14-5-16(15-10)11-8(19)7(18)6(4-17)21-11/h5-8,11,17-19H,2-4H2,1H3,(H2,12,13)/t6-,7+,8?,11-/m1/s1. The van der Waals surface area contributed by atoms with Crippen molar-refractivity contribution in [2.75, 3.05) is 26.9 Å². The number of aromatic nitrogens is 3. The van der Waals surface area contributed by atoms with Gasteiger partial charge >= 0.3 is 0 Å². The zero-order valence-electron chi connectivity index (χ0n) is 11.5. The SMILES string of the molecule is COCCNC(=N)c1ncn([C@@H]2O[C@H](CO)[C@H](O)C2O)n1. The van der Waals surface area contributed by atoms with Crippen molar-refractivity contribution in [1.29, 1.82) is 5.41 Å². The van der Waals surface area contributed by atoms with Crippen LogP contribution >= 0.6 is 0 Å². The van der Waals surface area contributed by atoms with E-state index in [-0.39, 0.29) is 11.7 Å².